The molecule has 0 aliphatic carbocycles. The molecule has 14 heavy (non-hydrogen) atoms. The second-order valence-corrected chi connectivity index (χ2v) is 5.29. The van der Waals surface area contributed by atoms with Gasteiger partial charge in [0.05, 0.1) is 0 Å². The number of carbonyl (C=O) groups excluding carboxylic acids is 1. The van der Waals surface area contributed by atoms with Crippen LogP contribution in [-0.2, 0) is 0 Å². The molecule has 0 heterocycles. The third kappa shape index (κ3) is 2.94. The van der Waals surface area contributed by atoms with Crippen LogP contribution in [0.3, 0.4) is 0 Å². The maximum absolute atomic E-state index is 11.8. The number of Topliss-reactive ketones (excluding diaryl/α,β-unsaturated/α-hetero) is 1. The predicted octanol–water partition coefficient (Wildman–Crippen LogP) is 3.57. The summed E-state index contributed by atoms with van der Waals surface area (Å²) in [6.07, 6.45) is 3.88. The van der Waals surface area contributed by atoms with E-state index in [-0.39, 0.29) is 10.4 Å². The standard InChI is InChI=1S/C10H11ClOS2/c1-13-10(14-2)9(12)7-3-5-8(11)6-4-7/h3-6,10H,1-2H3. The second-order valence-electron chi connectivity index (χ2n) is 2.67. The van der Waals surface area contributed by atoms with E-state index in [2.05, 4.69) is 0 Å². The van der Waals surface area contributed by atoms with Crippen LogP contribution < -0.4 is 0 Å². The zero-order chi connectivity index (χ0) is 10.6. The van der Waals surface area contributed by atoms with Gasteiger partial charge in [0.2, 0.25) is 0 Å². The van der Waals surface area contributed by atoms with Crippen LogP contribution in [0.1, 0.15) is 10.4 Å². The lowest BCUT2D eigenvalue weighted by Gasteiger charge is -2.09. The molecule has 4 heteroatoms. The molecule has 1 rings (SSSR count). The van der Waals surface area contributed by atoms with Gasteiger partial charge in [0, 0.05) is 10.6 Å². The molecule has 0 fully saturated rings. The fourth-order valence-electron chi connectivity index (χ4n) is 1.06. The van der Waals surface area contributed by atoms with Crippen molar-refractivity contribution in [2.75, 3.05) is 12.5 Å². The Morgan fingerprint density at radius 1 is 1.21 bits per heavy atom. The predicted molar refractivity (Wildman–Crippen MR) is 66.6 cm³/mol. The highest BCUT2D eigenvalue weighted by Gasteiger charge is 2.17. The SMILES string of the molecule is CSC(SC)C(=O)c1ccc(Cl)cc1. The van der Waals surface area contributed by atoms with E-state index in [1.807, 2.05) is 12.5 Å². The van der Waals surface area contributed by atoms with Crippen LogP contribution in [0.25, 0.3) is 0 Å². The number of hydrogen-bond acceptors (Lipinski definition) is 3. The molecule has 0 spiro atoms. The first kappa shape index (κ1) is 12.0. The van der Waals surface area contributed by atoms with Crippen molar-refractivity contribution >= 4 is 40.9 Å². The van der Waals surface area contributed by atoms with Crippen molar-refractivity contribution in [1.82, 2.24) is 0 Å². The van der Waals surface area contributed by atoms with E-state index in [4.69, 9.17) is 11.6 Å². The lowest BCUT2D eigenvalue weighted by atomic mass is 10.1. The molecule has 0 radical (unpaired) electrons. The summed E-state index contributed by atoms with van der Waals surface area (Å²) in [5, 5.41) is 0.659. The van der Waals surface area contributed by atoms with Gasteiger partial charge in [-0.15, -0.1) is 23.5 Å². The Bertz CT molecular complexity index is 306. The van der Waals surface area contributed by atoms with Crippen LogP contribution in [-0.4, -0.2) is 22.9 Å². The largest absolute Gasteiger partial charge is 0.292 e. The molecule has 1 nitrogen and oxygen atoms in total. The maximum atomic E-state index is 11.8. The highest BCUT2D eigenvalue weighted by Crippen LogP contribution is 2.23. The molecule has 0 amide bonds. The van der Waals surface area contributed by atoms with Crippen molar-refractivity contribution in [3.8, 4) is 0 Å². The van der Waals surface area contributed by atoms with Gasteiger partial charge in [0.15, 0.2) is 5.78 Å². The first-order chi connectivity index (χ1) is 6.69. The average Bonchev–Trinajstić information content (AvgIpc) is 2.20. The summed E-state index contributed by atoms with van der Waals surface area (Å²) in [4.78, 5) is 11.8. The molecule has 0 saturated carbocycles. The molecule has 0 unspecified atom stereocenters. The first-order valence-corrected chi connectivity index (χ1v) is 6.99. The monoisotopic (exact) mass is 246 g/mol. The van der Waals surface area contributed by atoms with Gasteiger partial charge in [0.1, 0.15) is 4.58 Å². The fourth-order valence-corrected chi connectivity index (χ4v) is 2.66. The quantitative estimate of drug-likeness (QED) is 0.597. The second kappa shape index (κ2) is 5.69. The van der Waals surface area contributed by atoms with Gasteiger partial charge < -0.3 is 0 Å². The zero-order valence-corrected chi connectivity index (χ0v) is 10.4. The normalized spacial score (nSPS) is 10.6. The van der Waals surface area contributed by atoms with Crippen molar-refractivity contribution in [2.24, 2.45) is 0 Å². The molecule has 0 aromatic heterocycles. The number of halogens is 1. The highest BCUT2D eigenvalue weighted by atomic mass is 35.5. The van der Waals surface area contributed by atoms with Gasteiger partial charge in [-0.25, -0.2) is 0 Å². The Morgan fingerprint density at radius 3 is 2.14 bits per heavy atom. The van der Waals surface area contributed by atoms with E-state index < -0.39 is 0 Å². The minimum atomic E-state index is -0.0174. The molecule has 76 valence electrons. The third-order valence-corrected chi connectivity index (χ3v) is 4.46. The summed E-state index contributed by atoms with van der Waals surface area (Å²) in [6, 6.07) is 7.02. The van der Waals surface area contributed by atoms with E-state index in [0.717, 1.165) is 5.56 Å². The summed E-state index contributed by atoms with van der Waals surface area (Å²) >= 11 is 8.86. The van der Waals surface area contributed by atoms with Gasteiger partial charge >= 0.3 is 0 Å². The van der Waals surface area contributed by atoms with Gasteiger partial charge in [-0.1, -0.05) is 11.6 Å². The van der Waals surface area contributed by atoms with Crippen molar-refractivity contribution in [2.45, 2.75) is 4.58 Å². The number of benzene rings is 1. The number of ketones is 1. The number of carbonyl (C=O) groups is 1. The van der Waals surface area contributed by atoms with E-state index in [1.165, 1.54) is 0 Å². The van der Waals surface area contributed by atoms with Gasteiger partial charge in [0.25, 0.3) is 0 Å². The van der Waals surface area contributed by atoms with Crippen LogP contribution in [0.2, 0.25) is 5.02 Å². The lowest BCUT2D eigenvalue weighted by Crippen LogP contribution is -2.12. The van der Waals surface area contributed by atoms with E-state index >= 15 is 0 Å². The molecular formula is C10H11ClOS2. The number of hydrogen-bond donors (Lipinski definition) is 0. The summed E-state index contributed by atoms with van der Waals surface area (Å²) in [5.41, 5.74) is 0.725. The van der Waals surface area contributed by atoms with Crippen molar-refractivity contribution in [1.29, 1.82) is 0 Å². The Morgan fingerprint density at radius 2 is 1.71 bits per heavy atom. The van der Waals surface area contributed by atoms with E-state index in [1.54, 1.807) is 47.8 Å². The van der Waals surface area contributed by atoms with Crippen molar-refractivity contribution < 1.29 is 4.79 Å². The smallest absolute Gasteiger partial charge is 0.185 e. The topological polar surface area (TPSA) is 17.1 Å². The first-order valence-electron chi connectivity index (χ1n) is 4.04. The van der Waals surface area contributed by atoms with E-state index in [9.17, 15) is 4.79 Å². The Labute approximate surface area is 97.6 Å². The Balaban J connectivity index is 2.83. The molecule has 1 aromatic carbocycles. The van der Waals surface area contributed by atoms with Crippen LogP contribution in [0.4, 0.5) is 0 Å². The van der Waals surface area contributed by atoms with Gasteiger partial charge in [-0.2, -0.15) is 0 Å². The number of thioether (sulfide) groups is 2. The third-order valence-electron chi connectivity index (χ3n) is 1.77. The molecule has 0 N–H and O–H groups in total. The molecule has 1 aromatic rings. The minimum absolute atomic E-state index is 0.0174. The highest BCUT2D eigenvalue weighted by molar-refractivity contribution is 8.17. The lowest BCUT2D eigenvalue weighted by molar-refractivity contribution is 0.101. The molecular weight excluding hydrogens is 236 g/mol. The van der Waals surface area contributed by atoms with E-state index in [0.29, 0.717) is 5.02 Å². The molecule has 0 aliphatic rings. The maximum Gasteiger partial charge on any atom is 0.185 e. The molecule has 0 atom stereocenters. The van der Waals surface area contributed by atoms with Crippen LogP contribution in [0.5, 0.6) is 0 Å². The molecule has 0 saturated heterocycles. The zero-order valence-electron chi connectivity index (χ0n) is 7.99. The van der Waals surface area contributed by atoms with Crippen LogP contribution in [0, 0.1) is 0 Å². The summed E-state index contributed by atoms with van der Waals surface area (Å²) < 4.78 is -0.0174. The Kier molecular flexibility index (Phi) is 4.85. The van der Waals surface area contributed by atoms with Crippen molar-refractivity contribution in [3.05, 3.63) is 34.9 Å². The fraction of sp³-hybridized carbons (Fsp3) is 0.300. The number of rotatable bonds is 4. The minimum Gasteiger partial charge on any atom is -0.292 e. The van der Waals surface area contributed by atoms with Crippen LogP contribution >= 0.6 is 35.1 Å². The van der Waals surface area contributed by atoms with Crippen LogP contribution in [0.15, 0.2) is 24.3 Å². The summed E-state index contributed by atoms with van der Waals surface area (Å²) in [5.74, 6) is 0.154. The molecule has 0 bridgehead atoms. The summed E-state index contributed by atoms with van der Waals surface area (Å²) in [7, 11) is 0. The molecule has 0 aliphatic heterocycles. The van der Waals surface area contributed by atoms with Gasteiger partial charge in [-0.05, 0) is 36.8 Å². The Hall–Kier alpha value is -0.120. The van der Waals surface area contributed by atoms with Gasteiger partial charge in [-0.3, -0.25) is 4.79 Å². The summed E-state index contributed by atoms with van der Waals surface area (Å²) in [6.45, 7) is 0. The van der Waals surface area contributed by atoms with Crippen molar-refractivity contribution in [3.63, 3.8) is 0 Å². The average molecular weight is 247 g/mol.